The van der Waals surface area contributed by atoms with E-state index in [9.17, 15) is 14.4 Å². The number of rotatable bonds is 6. The lowest BCUT2D eigenvalue weighted by Gasteiger charge is -2.18. The molecule has 8 nitrogen and oxygen atoms in total. The zero-order valence-electron chi connectivity index (χ0n) is 19.0. The lowest BCUT2D eigenvalue weighted by Crippen LogP contribution is -2.32. The van der Waals surface area contributed by atoms with E-state index in [-0.39, 0.29) is 22.5 Å². The van der Waals surface area contributed by atoms with Gasteiger partial charge in [-0.1, -0.05) is 26.8 Å². The quantitative estimate of drug-likeness (QED) is 0.619. The Hall–Kier alpha value is -3.42. The zero-order valence-corrected chi connectivity index (χ0v) is 19.0. The first-order valence-corrected chi connectivity index (χ1v) is 11.2. The number of pyridine rings is 1. The Kier molecular flexibility index (Phi) is 5.86. The Morgan fingerprint density at radius 1 is 1.22 bits per heavy atom. The Bertz CT molecular complexity index is 1310. The average Bonchev–Trinajstić information content (AvgIpc) is 3.18. The van der Waals surface area contributed by atoms with Crippen molar-refractivity contribution in [1.82, 2.24) is 14.5 Å². The minimum absolute atomic E-state index is 0.0218. The van der Waals surface area contributed by atoms with Gasteiger partial charge in [0.15, 0.2) is 5.65 Å². The zero-order chi connectivity index (χ0) is 23.0. The number of nitrogens with zero attached hydrogens (tertiary/aromatic N) is 3. The van der Waals surface area contributed by atoms with E-state index in [0.717, 1.165) is 25.2 Å². The maximum absolute atomic E-state index is 13.4. The molecule has 1 aliphatic heterocycles. The number of H-pyrrole nitrogens is 1. The van der Waals surface area contributed by atoms with Crippen LogP contribution >= 0.6 is 0 Å². The minimum atomic E-state index is -0.601. The van der Waals surface area contributed by atoms with Crippen LogP contribution in [0.4, 0.5) is 11.4 Å². The fraction of sp³-hybridized carbons (Fsp3) is 0.417. The van der Waals surface area contributed by atoms with Gasteiger partial charge >= 0.3 is 5.69 Å². The van der Waals surface area contributed by atoms with E-state index in [4.69, 9.17) is 0 Å². The highest BCUT2D eigenvalue weighted by Gasteiger charge is 2.22. The first-order valence-electron chi connectivity index (χ1n) is 11.2. The molecule has 8 heteroatoms. The molecule has 1 amide bonds. The van der Waals surface area contributed by atoms with Crippen LogP contribution in [-0.2, 0) is 13.0 Å². The summed E-state index contributed by atoms with van der Waals surface area (Å²) in [5.74, 6) is -0.374. The minimum Gasteiger partial charge on any atom is -0.371 e. The number of carbonyl (C=O) groups is 1. The topological polar surface area (TPSA) is 100 Å². The number of anilines is 2. The van der Waals surface area contributed by atoms with Gasteiger partial charge in [0.2, 0.25) is 0 Å². The largest absolute Gasteiger partial charge is 0.371 e. The predicted molar refractivity (Wildman–Crippen MR) is 127 cm³/mol. The summed E-state index contributed by atoms with van der Waals surface area (Å²) < 4.78 is 1.44. The number of carbonyl (C=O) groups excluding carboxylic acids is 1. The van der Waals surface area contributed by atoms with Crippen molar-refractivity contribution in [3.05, 3.63) is 61.9 Å². The van der Waals surface area contributed by atoms with Crippen LogP contribution < -0.4 is 21.5 Å². The molecule has 32 heavy (non-hydrogen) atoms. The highest BCUT2D eigenvalue weighted by molar-refractivity contribution is 6.12. The van der Waals surface area contributed by atoms with Crippen molar-refractivity contribution in [3.8, 4) is 0 Å². The molecule has 0 fully saturated rings. The van der Waals surface area contributed by atoms with Gasteiger partial charge in [0.05, 0.1) is 10.9 Å². The molecule has 0 saturated heterocycles. The van der Waals surface area contributed by atoms with Gasteiger partial charge in [0, 0.05) is 36.7 Å². The first-order chi connectivity index (χ1) is 15.3. The molecule has 1 aliphatic rings. The van der Waals surface area contributed by atoms with Crippen LogP contribution in [0.2, 0.25) is 0 Å². The van der Waals surface area contributed by atoms with Crippen molar-refractivity contribution in [2.45, 2.75) is 53.0 Å². The van der Waals surface area contributed by atoms with Crippen LogP contribution in [0.5, 0.6) is 0 Å². The average molecular weight is 436 g/mol. The lowest BCUT2D eigenvalue weighted by molar-refractivity contribution is 0.102. The summed E-state index contributed by atoms with van der Waals surface area (Å²) >= 11 is 0. The van der Waals surface area contributed by atoms with Crippen molar-refractivity contribution in [1.29, 1.82) is 0 Å². The summed E-state index contributed by atoms with van der Waals surface area (Å²) in [5.41, 5.74) is 3.08. The van der Waals surface area contributed by atoms with Gasteiger partial charge in [0.1, 0.15) is 0 Å². The number of aromatic nitrogens is 3. The molecule has 0 aliphatic carbocycles. The van der Waals surface area contributed by atoms with Crippen molar-refractivity contribution in [2.24, 2.45) is 0 Å². The van der Waals surface area contributed by atoms with Crippen LogP contribution in [0.1, 0.15) is 61.6 Å². The highest BCUT2D eigenvalue weighted by Crippen LogP contribution is 2.31. The van der Waals surface area contributed by atoms with Crippen LogP contribution in [0.25, 0.3) is 11.0 Å². The summed E-state index contributed by atoms with van der Waals surface area (Å²) in [6.07, 6.45) is 1.69. The maximum atomic E-state index is 13.4. The number of hydrogen-bond donors (Lipinski definition) is 2. The van der Waals surface area contributed by atoms with E-state index in [1.807, 2.05) is 39.0 Å². The maximum Gasteiger partial charge on any atom is 0.329 e. The summed E-state index contributed by atoms with van der Waals surface area (Å²) in [6.45, 7) is 10.3. The summed E-state index contributed by atoms with van der Waals surface area (Å²) in [4.78, 5) is 47.8. The summed E-state index contributed by atoms with van der Waals surface area (Å²) in [5, 5.41) is 3.09. The normalized spacial score (nSPS) is 13.1. The molecule has 168 valence electrons. The standard InChI is InChI=1S/C24H29N5O3/c1-5-10-29-21-20(23(31)27-24(29)32)17(13-18(26-21)14(3)4)22(30)25-16-8-7-15-9-11-28(6-2)19(15)12-16/h7-8,12-14H,5-6,9-11H2,1-4H3,(H,25,30)(H,27,31,32). The number of benzene rings is 1. The van der Waals surface area contributed by atoms with E-state index in [1.165, 1.54) is 10.1 Å². The van der Waals surface area contributed by atoms with Crippen LogP contribution in [-0.4, -0.2) is 33.5 Å². The van der Waals surface area contributed by atoms with Gasteiger partial charge < -0.3 is 10.2 Å². The Morgan fingerprint density at radius 3 is 2.69 bits per heavy atom. The number of amides is 1. The second-order valence-electron chi connectivity index (χ2n) is 8.49. The first kappa shape index (κ1) is 21.8. The smallest absolute Gasteiger partial charge is 0.329 e. The van der Waals surface area contributed by atoms with Gasteiger partial charge in [-0.05, 0) is 49.4 Å². The monoisotopic (exact) mass is 435 g/mol. The SMILES string of the molecule is CCCn1c(=O)[nH]c(=O)c2c(C(=O)Nc3ccc4c(c3)N(CC)CC4)cc(C(C)C)nc21. The highest BCUT2D eigenvalue weighted by atomic mass is 16.2. The number of nitrogens with one attached hydrogen (secondary N) is 2. The molecule has 1 aromatic carbocycles. The van der Waals surface area contributed by atoms with E-state index < -0.39 is 17.2 Å². The molecule has 0 radical (unpaired) electrons. The Balaban J connectivity index is 1.83. The van der Waals surface area contributed by atoms with E-state index >= 15 is 0 Å². The molecule has 0 saturated carbocycles. The van der Waals surface area contributed by atoms with Gasteiger partial charge in [-0.15, -0.1) is 0 Å². The van der Waals surface area contributed by atoms with Gasteiger partial charge in [-0.25, -0.2) is 9.78 Å². The molecule has 3 aromatic rings. The molecule has 0 bridgehead atoms. The number of aryl methyl sites for hydroxylation is 1. The number of likely N-dealkylation sites (N-methyl/N-ethyl adjacent to an activating group) is 1. The summed E-state index contributed by atoms with van der Waals surface area (Å²) in [7, 11) is 0. The van der Waals surface area contributed by atoms with Crippen LogP contribution in [0, 0.1) is 0 Å². The second-order valence-corrected chi connectivity index (χ2v) is 8.49. The fourth-order valence-corrected chi connectivity index (χ4v) is 4.25. The number of hydrogen-bond acceptors (Lipinski definition) is 5. The molecule has 0 atom stereocenters. The van der Waals surface area contributed by atoms with E-state index in [1.54, 1.807) is 6.07 Å². The molecular weight excluding hydrogens is 406 g/mol. The molecule has 0 unspecified atom stereocenters. The fourth-order valence-electron chi connectivity index (χ4n) is 4.25. The lowest BCUT2D eigenvalue weighted by atomic mass is 10.0. The van der Waals surface area contributed by atoms with Gasteiger partial charge in [-0.3, -0.25) is 19.1 Å². The molecule has 2 aromatic heterocycles. The van der Waals surface area contributed by atoms with E-state index in [2.05, 4.69) is 27.1 Å². The van der Waals surface area contributed by atoms with Crippen molar-refractivity contribution in [2.75, 3.05) is 23.3 Å². The molecule has 3 heterocycles. The number of fused-ring (bicyclic) bond motifs is 2. The van der Waals surface area contributed by atoms with Gasteiger partial charge in [-0.2, -0.15) is 0 Å². The summed E-state index contributed by atoms with van der Waals surface area (Å²) in [6, 6.07) is 7.56. The molecular formula is C24H29N5O3. The Labute approximate surface area is 186 Å². The third kappa shape index (κ3) is 3.81. The Morgan fingerprint density at radius 2 is 2.00 bits per heavy atom. The molecule has 0 spiro atoms. The predicted octanol–water partition coefficient (Wildman–Crippen LogP) is 3.25. The van der Waals surface area contributed by atoms with Crippen molar-refractivity contribution >= 4 is 28.3 Å². The van der Waals surface area contributed by atoms with Crippen LogP contribution in [0.15, 0.2) is 33.9 Å². The van der Waals surface area contributed by atoms with Crippen LogP contribution in [0.3, 0.4) is 0 Å². The van der Waals surface area contributed by atoms with Crippen molar-refractivity contribution < 1.29 is 4.79 Å². The van der Waals surface area contributed by atoms with E-state index in [0.29, 0.717) is 24.3 Å². The van der Waals surface area contributed by atoms with Crippen molar-refractivity contribution in [3.63, 3.8) is 0 Å². The third-order valence-electron chi connectivity index (χ3n) is 5.97. The third-order valence-corrected chi connectivity index (χ3v) is 5.97. The number of aromatic amines is 1. The van der Waals surface area contributed by atoms with Gasteiger partial charge in [0.25, 0.3) is 11.5 Å². The second kappa shape index (κ2) is 8.61. The molecule has 4 rings (SSSR count). The molecule has 2 N–H and O–H groups in total.